The lowest BCUT2D eigenvalue weighted by molar-refractivity contribution is 0.431. The number of rotatable bonds is 4. The lowest BCUT2D eigenvalue weighted by Crippen LogP contribution is -2.14. The molecule has 0 aliphatic heterocycles. The Morgan fingerprint density at radius 1 is 1.28 bits per heavy atom. The van der Waals surface area contributed by atoms with Crippen LogP contribution in [0.3, 0.4) is 0 Å². The molecule has 1 atom stereocenters. The summed E-state index contributed by atoms with van der Waals surface area (Å²) in [5.41, 5.74) is 2.32. The van der Waals surface area contributed by atoms with Gasteiger partial charge in [-0.15, -0.1) is 0 Å². The predicted molar refractivity (Wildman–Crippen MR) is 78.7 cm³/mol. The SMILES string of the molecule is CCC(NC)c1ccc(-c2cccc(C)c2Br)o1. The number of furan rings is 1. The number of halogens is 1. The van der Waals surface area contributed by atoms with Gasteiger partial charge in [-0.25, -0.2) is 0 Å². The molecule has 0 aliphatic carbocycles. The van der Waals surface area contributed by atoms with Gasteiger partial charge in [-0.3, -0.25) is 0 Å². The van der Waals surface area contributed by atoms with E-state index in [1.54, 1.807) is 0 Å². The van der Waals surface area contributed by atoms with Crippen molar-refractivity contribution in [3.63, 3.8) is 0 Å². The third kappa shape index (κ3) is 2.52. The van der Waals surface area contributed by atoms with Gasteiger partial charge in [-0.2, -0.15) is 0 Å². The smallest absolute Gasteiger partial charge is 0.135 e. The van der Waals surface area contributed by atoms with E-state index in [1.165, 1.54) is 5.56 Å². The fraction of sp³-hybridized carbons (Fsp3) is 0.333. The minimum absolute atomic E-state index is 0.280. The second-order valence-electron chi connectivity index (χ2n) is 4.39. The molecule has 1 aromatic carbocycles. The van der Waals surface area contributed by atoms with E-state index in [0.717, 1.165) is 28.0 Å². The highest BCUT2D eigenvalue weighted by atomic mass is 79.9. The van der Waals surface area contributed by atoms with E-state index in [-0.39, 0.29) is 6.04 Å². The van der Waals surface area contributed by atoms with Gasteiger partial charge < -0.3 is 9.73 Å². The molecule has 1 N–H and O–H groups in total. The Kier molecular flexibility index (Phi) is 4.25. The van der Waals surface area contributed by atoms with Gasteiger partial charge in [0.05, 0.1) is 6.04 Å². The number of hydrogen-bond acceptors (Lipinski definition) is 2. The lowest BCUT2D eigenvalue weighted by Gasteiger charge is -2.10. The van der Waals surface area contributed by atoms with Crippen LogP contribution >= 0.6 is 15.9 Å². The molecule has 1 heterocycles. The first-order valence-corrected chi connectivity index (χ1v) is 6.99. The van der Waals surface area contributed by atoms with E-state index in [9.17, 15) is 0 Å². The summed E-state index contributed by atoms with van der Waals surface area (Å²) in [7, 11) is 1.96. The standard InChI is InChI=1S/C15H18BrNO/c1-4-12(17-3)14-9-8-13(18-14)11-7-5-6-10(2)15(11)16/h5-9,12,17H,4H2,1-3H3. The fourth-order valence-corrected chi connectivity index (χ4v) is 2.53. The van der Waals surface area contributed by atoms with Gasteiger partial charge in [0.25, 0.3) is 0 Å². The highest BCUT2D eigenvalue weighted by molar-refractivity contribution is 9.10. The first-order valence-electron chi connectivity index (χ1n) is 6.19. The van der Waals surface area contributed by atoms with Gasteiger partial charge in [-0.1, -0.05) is 25.1 Å². The molecule has 0 spiro atoms. The van der Waals surface area contributed by atoms with E-state index in [1.807, 2.05) is 19.2 Å². The van der Waals surface area contributed by atoms with E-state index in [4.69, 9.17) is 4.42 Å². The van der Waals surface area contributed by atoms with Crippen LogP contribution in [0.4, 0.5) is 0 Å². The van der Waals surface area contributed by atoms with Crippen LogP contribution in [0, 0.1) is 6.92 Å². The zero-order chi connectivity index (χ0) is 13.1. The zero-order valence-corrected chi connectivity index (χ0v) is 12.5. The minimum Gasteiger partial charge on any atom is -0.459 e. The highest BCUT2D eigenvalue weighted by Gasteiger charge is 2.14. The van der Waals surface area contributed by atoms with E-state index < -0.39 is 0 Å². The number of nitrogens with one attached hydrogen (secondary N) is 1. The first kappa shape index (κ1) is 13.4. The Hall–Kier alpha value is -1.06. The molecule has 0 aliphatic rings. The molecule has 0 bridgehead atoms. The van der Waals surface area contributed by atoms with Crippen LogP contribution in [-0.4, -0.2) is 7.05 Å². The monoisotopic (exact) mass is 307 g/mol. The van der Waals surface area contributed by atoms with Crippen molar-refractivity contribution in [3.8, 4) is 11.3 Å². The molecular formula is C15H18BrNO. The number of benzene rings is 1. The highest BCUT2D eigenvalue weighted by Crippen LogP contribution is 2.33. The van der Waals surface area contributed by atoms with Gasteiger partial charge in [0.1, 0.15) is 11.5 Å². The molecule has 2 rings (SSSR count). The van der Waals surface area contributed by atoms with Gasteiger partial charge >= 0.3 is 0 Å². The summed E-state index contributed by atoms with van der Waals surface area (Å²) >= 11 is 3.62. The average Bonchev–Trinajstić information content (AvgIpc) is 2.84. The Bertz CT molecular complexity index is 529. The van der Waals surface area contributed by atoms with Crippen LogP contribution in [0.2, 0.25) is 0 Å². The molecule has 1 unspecified atom stereocenters. The van der Waals surface area contributed by atoms with Gasteiger partial charge in [0.2, 0.25) is 0 Å². The van der Waals surface area contributed by atoms with Crippen molar-refractivity contribution < 1.29 is 4.42 Å². The minimum atomic E-state index is 0.280. The van der Waals surface area contributed by atoms with Crippen molar-refractivity contribution in [1.29, 1.82) is 0 Å². The molecule has 0 radical (unpaired) electrons. The maximum Gasteiger partial charge on any atom is 0.135 e. The summed E-state index contributed by atoms with van der Waals surface area (Å²) in [5, 5.41) is 3.25. The molecule has 3 heteroatoms. The summed E-state index contributed by atoms with van der Waals surface area (Å²) in [5.74, 6) is 1.90. The van der Waals surface area contributed by atoms with Crippen LogP contribution in [0.25, 0.3) is 11.3 Å². The molecule has 2 nitrogen and oxygen atoms in total. The van der Waals surface area contributed by atoms with Crippen LogP contribution in [0.1, 0.15) is 30.7 Å². The predicted octanol–water partition coefficient (Wildman–Crippen LogP) is 4.69. The molecule has 0 saturated heterocycles. The summed E-state index contributed by atoms with van der Waals surface area (Å²) < 4.78 is 7.06. The van der Waals surface area contributed by atoms with Crippen molar-refractivity contribution in [2.75, 3.05) is 7.05 Å². The van der Waals surface area contributed by atoms with Crippen LogP contribution < -0.4 is 5.32 Å². The van der Waals surface area contributed by atoms with E-state index in [2.05, 4.69) is 53.3 Å². The molecular weight excluding hydrogens is 290 g/mol. The molecule has 96 valence electrons. The van der Waals surface area contributed by atoms with Crippen molar-refractivity contribution in [1.82, 2.24) is 5.32 Å². The van der Waals surface area contributed by atoms with Crippen LogP contribution in [-0.2, 0) is 0 Å². The molecule has 2 aromatic rings. The third-order valence-corrected chi connectivity index (χ3v) is 4.24. The largest absolute Gasteiger partial charge is 0.459 e. The Morgan fingerprint density at radius 2 is 2.06 bits per heavy atom. The Morgan fingerprint density at radius 3 is 2.72 bits per heavy atom. The summed E-state index contributed by atoms with van der Waals surface area (Å²) in [4.78, 5) is 0. The second kappa shape index (κ2) is 5.72. The zero-order valence-electron chi connectivity index (χ0n) is 11.0. The van der Waals surface area contributed by atoms with Crippen LogP contribution in [0.15, 0.2) is 39.2 Å². The topological polar surface area (TPSA) is 25.2 Å². The molecule has 0 fully saturated rings. The molecule has 0 amide bonds. The number of hydrogen-bond donors (Lipinski definition) is 1. The van der Waals surface area contributed by atoms with Crippen molar-refractivity contribution >= 4 is 15.9 Å². The maximum absolute atomic E-state index is 5.96. The maximum atomic E-state index is 5.96. The molecule has 0 saturated carbocycles. The van der Waals surface area contributed by atoms with Crippen molar-refractivity contribution in [3.05, 3.63) is 46.1 Å². The van der Waals surface area contributed by atoms with Crippen LogP contribution in [0.5, 0.6) is 0 Å². The number of aryl methyl sites for hydroxylation is 1. The first-order chi connectivity index (χ1) is 8.67. The van der Waals surface area contributed by atoms with Crippen molar-refractivity contribution in [2.45, 2.75) is 26.3 Å². The molecule has 1 aromatic heterocycles. The Labute approximate surface area is 117 Å². The second-order valence-corrected chi connectivity index (χ2v) is 5.18. The summed E-state index contributed by atoms with van der Waals surface area (Å²) in [6.45, 7) is 4.23. The fourth-order valence-electron chi connectivity index (χ4n) is 2.07. The van der Waals surface area contributed by atoms with E-state index >= 15 is 0 Å². The average molecular weight is 308 g/mol. The van der Waals surface area contributed by atoms with Gasteiger partial charge in [-0.05, 0) is 54.0 Å². The van der Waals surface area contributed by atoms with Gasteiger partial charge in [0.15, 0.2) is 0 Å². The normalized spacial score (nSPS) is 12.7. The summed E-state index contributed by atoms with van der Waals surface area (Å²) in [6.07, 6.45) is 1.01. The lowest BCUT2D eigenvalue weighted by atomic mass is 10.1. The third-order valence-electron chi connectivity index (χ3n) is 3.18. The Balaban J connectivity index is 2.38. The molecule has 18 heavy (non-hydrogen) atoms. The van der Waals surface area contributed by atoms with Crippen molar-refractivity contribution in [2.24, 2.45) is 0 Å². The quantitative estimate of drug-likeness (QED) is 0.886. The van der Waals surface area contributed by atoms with Gasteiger partial charge in [0, 0.05) is 10.0 Å². The van der Waals surface area contributed by atoms with E-state index in [0.29, 0.717) is 0 Å². The summed E-state index contributed by atoms with van der Waals surface area (Å²) in [6, 6.07) is 10.6.